The molecule has 0 aromatic rings. The van der Waals surface area contributed by atoms with E-state index in [1.54, 1.807) is 0 Å². The minimum Gasteiger partial charge on any atom is -0.756 e. The summed E-state index contributed by atoms with van der Waals surface area (Å²) in [4.78, 5) is 23.7. The number of amides is 1. The average Bonchev–Trinajstić information content (AvgIpc) is 2.96. The first-order valence-corrected chi connectivity index (χ1v) is 20.3. The Kier molecular flexibility index (Phi) is 29.3. The summed E-state index contributed by atoms with van der Waals surface area (Å²) in [6.45, 7) is 3.80. The highest BCUT2D eigenvalue weighted by atomic mass is 31.2. The number of hydrogen-bond donors (Lipinski definition) is 2. The second-order valence-electron chi connectivity index (χ2n) is 14.4. The number of nitrogens with one attached hydrogen (secondary N) is 1. The van der Waals surface area contributed by atoms with Crippen molar-refractivity contribution in [3.63, 3.8) is 0 Å². The smallest absolute Gasteiger partial charge is 0.268 e. The Bertz CT molecular complexity index is 718. The van der Waals surface area contributed by atoms with Crippen LogP contribution in [0.4, 0.5) is 0 Å². The molecule has 0 rings (SSSR count). The van der Waals surface area contributed by atoms with Gasteiger partial charge in [0.1, 0.15) is 13.2 Å². The van der Waals surface area contributed by atoms with E-state index in [0.717, 1.165) is 19.3 Å². The summed E-state index contributed by atoms with van der Waals surface area (Å²) in [5, 5.41) is 13.2. The van der Waals surface area contributed by atoms with Gasteiger partial charge in [0, 0.05) is 6.92 Å². The molecule has 3 atom stereocenters. The van der Waals surface area contributed by atoms with Crippen LogP contribution in [-0.4, -0.2) is 68.5 Å². The average molecular weight is 663 g/mol. The highest BCUT2D eigenvalue weighted by Crippen LogP contribution is 2.38. The van der Waals surface area contributed by atoms with Gasteiger partial charge in [-0.05, 0) is 6.42 Å². The molecule has 0 aliphatic carbocycles. The van der Waals surface area contributed by atoms with Gasteiger partial charge in [-0.15, -0.1) is 0 Å². The quantitative estimate of drug-likeness (QED) is 0.0405. The second-order valence-corrected chi connectivity index (χ2v) is 15.8. The molecule has 2 N–H and O–H groups in total. The minimum absolute atomic E-state index is 0.0111. The first-order chi connectivity index (χ1) is 21.5. The summed E-state index contributed by atoms with van der Waals surface area (Å²) < 4.78 is 22.6. The molecule has 0 heterocycles. The van der Waals surface area contributed by atoms with Gasteiger partial charge in [0.05, 0.1) is 39.9 Å². The summed E-state index contributed by atoms with van der Waals surface area (Å²) in [7, 11) is 1.30. The molecule has 0 spiro atoms. The number of hydrogen-bond acceptors (Lipinski definition) is 6. The molecule has 45 heavy (non-hydrogen) atoms. The van der Waals surface area contributed by atoms with E-state index in [-0.39, 0.29) is 19.1 Å². The maximum atomic E-state index is 12.1. The molecule has 0 aromatic heterocycles. The third kappa shape index (κ3) is 33.2. The van der Waals surface area contributed by atoms with Crippen molar-refractivity contribution >= 4 is 13.7 Å². The van der Waals surface area contributed by atoms with Crippen LogP contribution < -0.4 is 10.2 Å². The lowest BCUT2D eigenvalue weighted by atomic mass is 10.0. The summed E-state index contributed by atoms with van der Waals surface area (Å²) in [6.07, 6.45) is 31.7. The van der Waals surface area contributed by atoms with Crippen LogP contribution in [-0.2, 0) is 18.4 Å². The number of quaternary nitrogens is 1. The van der Waals surface area contributed by atoms with Gasteiger partial charge in [0.15, 0.2) is 0 Å². The van der Waals surface area contributed by atoms with Crippen LogP contribution in [0.3, 0.4) is 0 Å². The SMILES string of the molecule is CCCCCCCCCCCCCCCCCCCCCCCCCCC(O)C(COP(=O)([O-])OCC[N+](C)(C)C)NC(C)=O. The third-order valence-corrected chi connectivity index (χ3v) is 9.59. The molecule has 1 amide bonds. The van der Waals surface area contributed by atoms with Crippen LogP contribution >= 0.6 is 7.82 Å². The number of aliphatic hydroxyl groups is 1. The molecule has 270 valence electrons. The predicted octanol–water partition coefficient (Wildman–Crippen LogP) is 8.83. The molecule has 0 bridgehead atoms. The predicted molar refractivity (Wildman–Crippen MR) is 187 cm³/mol. The molecule has 0 aromatic carbocycles. The van der Waals surface area contributed by atoms with Crippen LogP contribution in [0, 0.1) is 0 Å². The number of likely N-dealkylation sites (N-methyl/N-ethyl adjacent to an activating group) is 1. The Hall–Kier alpha value is -0.500. The van der Waals surface area contributed by atoms with Gasteiger partial charge in [-0.2, -0.15) is 0 Å². The fourth-order valence-electron chi connectivity index (χ4n) is 5.66. The Balaban J connectivity index is 3.65. The fourth-order valence-corrected chi connectivity index (χ4v) is 6.39. The van der Waals surface area contributed by atoms with Crippen molar-refractivity contribution in [2.75, 3.05) is 40.9 Å². The lowest BCUT2D eigenvalue weighted by Crippen LogP contribution is -2.45. The van der Waals surface area contributed by atoms with E-state index < -0.39 is 20.0 Å². The molecule has 0 aliphatic rings. The maximum absolute atomic E-state index is 12.1. The van der Waals surface area contributed by atoms with Crippen LogP contribution in [0.25, 0.3) is 0 Å². The van der Waals surface area contributed by atoms with Gasteiger partial charge in [-0.1, -0.05) is 161 Å². The molecular formula is C36H75N2O6P. The fraction of sp³-hybridized carbons (Fsp3) is 0.972. The van der Waals surface area contributed by atoms with Gasteiger partial charge in [-0.25, -0.2) is 0 Å². The molecular weight excluding hydrogens is 587 g/mol. The largest absolute Gasteiger partial charge is 0.756 e. The van der Waals surface area contributed by atoms with Crippen molar-refractivity contribution < 1.29 is 32.9 Å². The zero-order valence-corrected chi connectivity index (χ0v) is 31.2. The van der Waals surface area contributed by atoms with Gasteiger partial charge in [0.25, 0.3) is 7.82 Å². The Morgan fingerprint density at radius 1 is 0.689 bits per heavy atom. The standard InChI is InChI=1S/C36H75N2O6P/c1-6-7-8-9-10-11-12-13-14-15-16-17-18-19-20-21-22-23-24-25-26-27-28-29-30-36(40)35(37-34(2)39)33-44-45(41,42)43-32-31-38(3,4)5/h35-36,40H,6-33H2,1-5H3,(H-,37,39,41,42). The lowest BCUT2D eigenvalue weighted by molar-refractivity contribution is -0.870. The van der Waals surface area contributed by atoms with E-state index in [2.05, 4.69) is 12.2 Å². The van der Waals surface area contributed by atoms with E-state index >= 15 is 0 Å². The summed E-state index contributed by atoms with van der Waals surface area (Å²) >= 11 is 0. The van der Waals surface area contributed by atoms with E-state index in [1.807, 2.05) is 21.1 Å². The van der Waals surface area contributed by atoms with Crippen LogP contribution in [0.2, 0.25) is 0 Å². The van der Waals surface area contributed by atoms with Gasteiger partial charge < -0.3 is 28.8 Å². The zero-order valence-electron chi connectivity index (χ0n) is 30.3. The highest BCUT2D eigenvalue weighted by molar-refractivity contribution is 7.45. The molecule has 0 fully saturated rings. The number of nitrogens with zero attached hydrogens (tertiary/aromatic N) is 1. The number of unbranched alkanes of at least 4 members (excludes halogenated alkanes) is 23. The molecule has 0 aliphatic heterocycles. The van der Waals surface area contributed by atoms with Gasteiger partial charge in [0.2, 0.25) is 5.91 Å². The van der Waals surface area contributed by atoms with E-state index in [1.165, 1.54) is 142 Å². The normalized spacial score (nSPS) is 14.7. The highest BCUT2D eigenvalue weighted by Gasteiger charge is 2.23. The number of phosphoric acid groups is 1. The maximum Gasteiger partial charge on any atom is 0.268 e. The van der Waals surface area contributed by atoms with Crippen molar-refractivity contribution in [1.82, 2.24) is 5.32 Å². The molecule has 3 unspecified atom stereocenters. The van der Waals surface area contributed by atoms with Crippen molar-refractivity contribution in [3.05, 3.63) is 0 Å². The van der Waals surface area contributed by atoms with E-state index in [4.69, 9.17) is 9.05 Å². The van der Waals surface area contributed by atoms with Crippen LogP contribution in [0.1, 0.15) is 174 Å². The Morgan fingerprint density at radius 2 is 1.04 bits per heavy atom. The van der Waals surface area contributed by atoms with Crippen LogP contribution in [0.15, 0.2) is 0 Å². The van der Waals surface area contributed by atoms with Crippen molar-refractivity contribution in [2.24, 2.45) is 0 Å². The monoisotopic (exact) mass is 663 g/mol. The van der Waals surface area contributed by atoms with Crippen molar-refractivity contribution in [3.8, 4) is 0 Å². The number of rotatable bonds is 34. The Labute approximate surface area is 279 Å². The van der Waals surface area contributed by atoms with E-state index in [9.17, 15) is 19.4 Å². The molecule has 0 radical (unpaired) electrons. The summed E-state index contributed by atoms with van der Waals surface area (Å²) in [5.74, 6) is -0.339. The molecule has 0 saturated heterocycles. The number of aliphatic hydroxyl groups excluding tert-OH is 1. The van der Waals surface area contributed by atoms with Gasteiger partial charge in [-0.3, -0.25) is 9.36 Å². The number of phosphoric ester groups is 1. The topological polar surface area (TPSA) is 108 Å². The van der Waals surface area contributed by atoms with E-state index in [0.29, 0.717) is 17.4 Å². The molecule has 0 saturated carbocycles. The molecule has 9 heteroatoms. The zero-order chi connectivity index (χ0) is 33.7. The van der Waals surface area contributed by atoms with Gasteiger partial charge >= 0.3 is 0 Å². The third-order valence-electron chi connectivity index (χ3n) is 8.63. The molecule has 8 nitrogen and oxygen atoms in total. The summed E-state index contributed by atoms with van der Waals surface area (Å²) in [6, 6.07) is -0.795. The van der Waals surface area contributed by atoms with Crippen molar-refractivity contribution in [2.45, 2.75) is 187 Å². The number of carbonyl (C=O) groups excluding carboxylic acids is 1. The van der Waals surface area contributed by atoms with Crippen molar-refractivity contribution in [1.29, 1.82) is 0 Å². The summed E-state index contributed by atoms with van der Waals surface area (Å²) in [5.41, 5.74) is 0. The number of carbonyl (C=O) groups is 1. The second kappa shape index (κ2) is 29.6. The Morgan fingerprint density at radius 3 is 1.38 bits per heavy atom. The first-order valence-electron chi connectivity index (χ1n) is 18.8. The first kappa shape index (κ1) is 44.5. The lowest BCUT2D eigenvalue weighted by Gasteiger charge is -2.29. The van der Waals surface area contributed by atoms with Crippen LogP contribution in [0.5, 0.6) is 0 Å². The minimum atomic E-state index is -4.51.